The van der Waals surface area contributed by atoms with Gasteiger partial charge in [-0.1, -0.05) is 12.8 Å². The smallest absolute Gasteiger partial charge is 0.225 e. The van der Waals surface area contributed by atoms with Gasteiger partial charge in [-0.15, -0.1) is 0 Å². The SMILES string of the molecule is CC1CC(C(=O)NCCCCCCO)CO1. The van der Waals surface area contributed by atoms with E-state index in [0.29, 0.717) is 6.61 Å². The number of unbranched alkanes of at least 4 members (excludes halogenated alkanes) is 3. The van der Waals surface area contributed by atoms with Gasteiger partial charge in [-0.2, -0.15) is 0 Å². The van der Waals surface area contributed by atoms with Crippen LogP contribution < -0.4 is 5.32 Å². The van der Waals surface area contributed by atoms with Gasteiger partial charge in [-0.3, -0.25) is 4.79 Å². The first-order valence-corrected chi connectivity index (χ1v) is 6.24. The molecule has 4 nitrogen and oxygen atoms in total. The molecule has 2 N–H and O–H groups in total. The van der Waals surface area contributed by atoms with Crippen molar-refractivity contribution < 1.29 is 14.6 Å². The molecule has 2 atom stereocenters. The van der Waals surface area contributed by atoms with E-state index in [9.17, 15) is 4.79 Å². The van der Waals surface area contributed by atoms with Crippen LogP contribution >= 0.6 is 0 Å². The molecule has 1 aliphatic heterocycles. The number of rotatable bonds is 7. The molecule has 4 heteroatoms. The molecule has 0 saturated carbocycles. The zero-order chi connectivity index (χ0) is 11.8. The van der Waals surface area contributed by atoms with Crippen LogP contribution in [0.4, 0.5) is 0 Å². The standard InChI is InChI=1S/C12H23NO3/c1-10-8-11(9-16-10)12(15)13-6-4-2-3-5-7-14/h10-11,14H,2-9H2,1H3,(H,13,15). The number of nitrogens with one attached hydrogen (secondary N) is 1. The number of hydrogen-bond acceptors (Lipinski definition) is 3. The van der Waals surface area contributed by atoms with Gasteiger partial charge >= 0.3 is 0 Å². The van der Waals surface area contributed by atoms with Crippen molar-refractivity contribution in [2.75, 3.05) is 19.8 Å². The summed E-state index contributed by atoms with van der Waals surface area (Å²) in [6.07, 6.45) is 5.03. The maximum atomic E-state index is 11.6. The highest BCUT2D eigenvalue weighted by Crippen LogP contribution is 2.18. The third-order valence-electron chi connectivity index (χ3n) is 2.95. The summed E-state index contributed by atoms with van der Waals surface area (Å²) in [6, 6.07) is 0. The lowest BCUT2D eigenvalue weighted by atomic mass is 10.1. The number of amides is 1. The molecule has 0 aromatic carbocycles. The molecular weight excluding hydrogens is 206 g/mol. The maximum absolute atomic E-state index is 11.6. The molecule has 0 aliphatic carbocycles. The van der Waals surface area contributed by atoms with Crippen LogP contribution in [-0.4, -0.2) is 36.9 Å². The highest BCUT2D eigenvalue weighted by Gasteiger charge is 2.27. The minimum Gasteiger partial charge on any atom is -0.396 e. The second-order valence-corrected chi connectivity index (χ2v) is 4.51. The van der Waals surface area contributed by atoms with E-state index in [4.69, 9.17) is 9.84 Å². The topological polar surface area (TPSA) is 58.6 Å². The average molecular weight is 229 g/mol. The number of hydrogen-bond donors (Lipinski definition) is 2. The molecule has 1 fully saturated rings. The van der Waals surface area contributed by atoms with Gasteiger partial charge in [0.05, 0.1) is 18.6 Å². The van der Waals surface area contributed by atoms with Crippen LogP contribution in [0.5, 0.6) is 0 Å². The fraction of sp³-hybridized carbons (Fsp3) is 0.917. The van der Waals surface area contributed by atoms with Crippen LogP contribution in [0.3, 0.4) is 0 Å². The number of aliphatic hydroxyl groups excluding tert-OH is 1. The van der Waals surface area contributed by atoms with Crippen LogP contribution in [0.2, 0.25) is 0 Å². The molecule has 94 valence electrons. The van der Waals surface area contributed by atoms with E-state index >= 15 is 0 Å². The summed E-state index contributed by atoms with van der Waals surface area (Å²) in [5.74, 6) is 0.180. The van der Waals surface area contributed by atoms with Crippen LogP contribution in [0.1, 0.15) is 39.0 Å². The Hall–Kier alpha value is -0.610. The van der Waals surface area contributed by atoms with Gasteiger partial charge in [0.1, 0.15) is 0 Å². The van der Waals surface area contributed by atoms with Gasteiger partial charge in [-0.05, 0) is 26.2 Å². The number of carbonyl (C=O) groups excluding carboxylic acids is 1. The quantitative estimate of drug-likeness (QED) is 0.642. The van der Waals surface area contributed by atoms with Crippen molar-refractivity contribution in [2.24, 2.45) is 5.92 Å². The zero-order valence-corrected chi connectivity index (χ0v) is 10.1. The van der Waals surface area contributed by atoms with Gasteiger partial charge in [0.25, 0.3) is 0 Å². The Morgan fingerprint density at radius 2 is 2.12 bits per heavy atom. The van der Waals surface area contributed by atoms with Crippen molar-refractivity contribution in [3.05, 3.63) is 0 Å². The molecule has 1 aliphatic rings. The summed E-state index contributed by atoms with van der Waals surface area (Å²) in [5, 5.41) is 11.5. The molecule has 1 rings (SSSR count). The molecule has 0 aromatic rings. The average Bonchev–Trinajstić information content (AvgIpc) is 2.70. The summed E-state index contributed by atoms with van der Waals surface area (Å²) in [5.41, 5.74) is 0. The van der Waals surface area contributed by atoms with Crippen molar-refractivity contribution in [2.45, 2.75) is 45.1 Å². The molecule has 1 heterocycles. The van der Waals surface area contributed by atoms with Gasteiger partial charge in [0.15, 0.2) is 0 Å². The van der Waals surface area contributed by atoms with E-state index in [1.165, 1.54) is 0 Å². The lowest BCUT2D eigenvalue weighted by Gasteiger charge is -2.09. The molecule has 0 bridgehead atoms. The summed E-state index contributed by atoms with van der Waals surface area (Å²) < 4.78 is 5.36. The molecular formula is C12H23NO3. The molecule has 2 unspecified atom stereocenters. The highest BCUT2D eigenvalue weighted by atomic mass is 16.5. The van der Waals surface area contributed by atoms with E-state index in [2.05, 4.69) is 5.32 Å². The summed E-state index contributed by atoms with van der Waals surface area (Å²) >= 11 is 0. The summed E-state index contributed by atoms with van der Waals surface area (Å²) in [7, 11) is 0. The van der Waals surface area contributed by atoms with E-state index in [1.807, 2.05) is 6.92 Å². The lowest BCUT2D eigenvalue weighted by Crippen LogP contribution is -2.31. The van der Waals surface area contributed by atoms with E-state index < -0.39 is 0 Å². The first kappa shape index (κ1) is 13.5. The second-order valence-electron chi connectivity index (χ2n) is 4.51. The molecule has 0 aromatic heterocycles. The molecule has 0 radical (unpaired) electrons. The zero-order valence-electron chi connectivity index (χ0n) is 10.1. The van der Waals surface area contributed by atoms with E-state index in [0.717, 1.165) is 38.6 Å². The van der Waals surface area contributed by atoms with Crippen molar-refractivity contribution in [3.8, 4) is 0 Å². The lowest BCUT2D eigenvalue weighted by molar-refractivity contribution is -0.124. The van der Waals surface area contributed by atoms with Gasteiger partial charge in [-0.25, -0.2) is 0 Å². The van der Waals surface area contributed by atoms with Crippen molar-refractivity contribution in [3.63, 3.8) is 0 Å². The van der Waals surface area contributed by atoms with Crippen molar-refractivity contribution >= 4 is 5.91 Å². The first-order chi connectivity index (χ1) is 7.74. The van der Waals surface area contributed by atoms with Crippen LogP contribution in [0.15, 0.2) is 0 Å². The number of ether oxygens (including phenoxy) is 1. The second kappa shape index (κ2) is 7.63. The van der Waals surface area contributed by atoms with Crippen LogP contribution in [0, 0.1) is 5.92 Å². The molecule has 1 amide bonds. The molecule has 0 spiro atoms. The summed E-state index contributed by atoms with van der Waals surface area (Å²) in [6.45, 7) is 3.58. The minimum absolute atomic E-state index is 0.0486. The Kier molecular flexibility index (Phi) is 6.42. The van der Waals surface area contributed by atoms with E-state index in [1.54, 1.807) is 0 Å². The Balaban J connectivity index is 1.98. The van der Waals surface area contributed by atoms with Gasteiger partial charge in [0, 0.05) is 13.2 Å². The Morgan fingerprint density at radius 3 is 2.75 bits per heavy atom. The Bertz CT molecular complexity index is 208. The fourth-order valence-corrected chi connectivity index (χ4v) is 1.95. The maximum Gasteiger partial charge on any atom is 0.225 e. The highest BCUT2D eigenvalue weighted by molar-refractivity contribution is 5.79. The van der Waals surface area contributed by atoms with Crippen LogP contribution in [0.25, 0.3) is 0 Å². The summed E-state index contributed by atoms with van der Waals surface area (Å²) in [4.78, 5) is 11.6. The van der Waals surface area contributed by atoms with E-state index in [-0.39, 0.29) is 24.5 Å². The number of carbonyl (C=O) groups is 1. The Labute approximate surface area is 97.4 Å². The van der Waals surface area contributed by atoms with Gasteiger partial charge in [0.2, 0.25) is 5.91 Å². The fourth-order valence-electron chi connectivity index (χ4n) is 1.95. The monoisotopic (exact) mass is 229 g/mol. The third-order valence-corrected chi connectivity index (χ3v) is 2.95. The third kappa shape index (κ3) is 4.94. The number of aliphatic hydroxyl groups is 1. The first-order valence-electron chi connectivity index (χ1n) is 6.24. The predicted octanol–water partition coefficient (Wildman–Crippen LogP) is 1.08. The molecule has 16 heavy (non-hydrogen) atoms. The van der Waals surface area contributed by atoms with Gasteiger partial charge < -0.3 is 15.2 Å². The Morgan fingerprint density at radius 1 is 1.38 bits per heavy atom. The largest absolute Gasteiger partial charge is 0.396 e. The van der Waals surface area contributed by atoms with Crippen molar-refractivity contribution in [1.29, 1.82) is 0 Å². The predicted molar refractivity (Wildman–Crippen MR) is 62.1 cm³/mol. The van der Waals surface area contributed by atoms with Crippen molar-refractivity contribution in [1.82, 2.24) is 5.32 Å². The molecule has 1 saturated heterocycles. The minimum atomic E-state index is 0.0486. The van der Waals surface area contributed by atoms with Crippen LogP contribution in [-0.2, 0) is 9.53 Å². The normalized spacial score (nSPS) is 24.6.